The number of nitrogens with two attached hydrogens (primary N) is 1. The van der Waals surface area contributed by atoms with Gasteiger partial charge in [-0.1, -0.05) is 0 Å². The van der Waals surface area contributed by atoms with Crippen molar-refractivity contribution >= 4 is 0 Å². The normalized spacial score (nSPS) is 51.7. The van der Waals surface area contributed by atoms with Gasteiger partial charge in [0.1, 0.15) is 42.7 Å². The van der Waals surface area contributed by atoms with Crippen molar-refractivity contribution in [2.45, 2.75) is 61.3 Å². The summed E-state index contributed by atoms with van der Waals surface area (Å²) < 4.78 is 15.5. The minimum Gasteiger partial charge on any atom is -0.394 e. The smallest absolute Gasteiger partial charge is 0.187 e. The SMILES string of the molecule is N[C@H]1[C@H](O)C(O[C@@H]2OC(CO)[C@H](O)C(O)[C@@H]2O)C(CO)O[C@@H]1O. The van der Waals surface area contributed by atoms with Crippen molar-refractivity contribution in [3.63, 3.8) is 0 Å². The Balaban J connectivity index is 2.11. The molecule has 23 heavy (non-hydrogen) atoms. The molecule has 0 saturated carbocycles. The predicted molar refractivity (Wildman–Crippen MR) is 70.6 cm³/mol. The Kier molecular flexibility index (Phi) is 6.27. The van der Waals surface area contributed by atoms with E-state index in [2.05, 4.69) is 0 Å². The highest BCUT2D eigenvalue weighted by Crippen LogP contribution is 2.27. The molecule has 0 bridgehead atoms. The number of aliphatic hydroxyl groups excluding tert-OH is 7. The van der Waals surface area contributed by atoms with Crippen LogP contribution in [0.2, 0.25) is 0 Å². The van der Waals surface area contributed by atoms with E-state index in [0.29, 0.717) is 0 Å². The van der Waals surface area contributed by atoms with Crippen molar-refractivity contribution < 1.29 is 50.0 Å². The lowest BCUT2D eigenvalue weighted by molar-refractivity contribution is -0.344. The minimum absolute atomic E-state index is 0.622. The van der Waals surface area contributed by atoms with Gasteiger partial charge >= 0.3 is 0 Å². The Bertz CT molecular complexity index is 383. The molecule has 11 nitrogen and oxygen atoms in total. The Morgan fingerprint density at radius 1 is 0.783 bits per heavy atom. The molecule has 0 radical (unpaired) electrons. The number of hydrogen-bond acceptors (Lipinski definition) is 11. The van der Waals surface area contributed by atoms with Crippen molar-refractivity contribution in [3.05, 3.63) is 0 Å². The highest BCUT2D eigenvalue weighted by atomic mass is 16.7. The maximum Gasteiger partial charge on any atom is 0.187 e. The molecular formula is C12H23NO10. The second kappa shape index (κ2) is 7.63. The molecule has 0 aliphatic carbocycles. The van der Waals surface area contributed by atoms with Gasteiger partial charge in [-0.15, -0.1) is 0 Å². The lowest BCUT2D eigenvalue weighted by atomic mass is 9.96. The van der Waals surface area contributed by atoms with E-state index in [1.54, 1.807) is 0 Å². The quantitative estimate of drug-likeness (QED) is 0.243. The van der Waals surface area contributed by atoms with Crippen molar-refractivity contribution in [3.8, 4) is 0 Å². The number of rotatable bonds is 4. The van der Waals surface area contributed by atoms with E-state index in [4.69, 9.17) is 25.1 Å². The molecular weight excluding hydrogens is 318 g/mol. The van der Waals surface area contributed by atoms with Crippen molar-refractivity contribution in [1.29, 1.82) is 0 Å². The molecule has 0 amide bonds. The zero-order valence-corrected chi connectivity index (χ0v) is 12.1. The molecule has 2 aliphatic rings. The summed E-state index contributed by atoms with van der Waals surface area (Å²) in [7, 11) is 0. The van der Waals surface area contributed by atoms with E-state index < -0.39 is 74.6 Å². The molecule has 11 heteroatoms. The van der Waals surface area contributed by atoms with Gasteiger partial charge in [-0.25, -0.2) is 0 Å². The van der Waals surface area contributed by atoms with Crippen molar-refractivity contribution in [2.24, 2.45) is 5.73 Å². The monoisotopic (exact) mass is 341 g/mol. The Morgan fingerprint density at radius 2 is 1.39 bits per heavy atom. The maximum absolute atomic E-state index is 10.1. The second-order valence-corrected chi connectivity index (χ2v) is 5.61. The van der Waals surface area contributed by atoms with Crippen LogP contribution in [-0.2, 0) is 14.2 Å². The third-order valence-electron chi connectivity index (χ3n) is 4.06. The van der Waals surface area contributed by atoms with Gasteiger partial charge in [-0.05, 0) is 0 Å². The summed E-state index contributed by atoms with van der Waals surface area (Å²) in [4.78, 5) is 0. The van der Waals surface area contributed by atoms with E-state index in [0.717, 1.165) is 0 Å². The van der Waals surface area contributed by atoms with Gasteiger partial charge in [0, 0.05) is 0 Å². The summed E-state index contributed by atoms with van der Waals surface area (Å²) in [5, 5.41) is 67.3. The largest absolute Gasteiger partial charge is 0.394 e. The molecule has 2 rings (SSSR count). The third kappa shape index (κ3) is 3.65. The van der Waals surface area contributed by atoms with E-state index in [9.17, 15) is 30.6 Å². The average molecular weight is 341 g/mol. The molecule has 136 valence electrons. The molecule has 2 aliphatic heterocycles. The molecule has 2 fully saturated rings. The molecule has 9 N–H and O–H groups in total. The van der Waals surface area contributed by atoms with Gasteiger partial charge in [-0.2, -0.15) is 0 Å². The fourth-order valence-corrected chi connectivity index (χ4v) is 2.60. The Hall–Kier alpha value is -0.440. The van der Waals surface area contributed by atoms with E-state index in [-0.39, 0.29) is 0 Å². The molecule has 2 saturated heterocycles. The summed E-state index contributed by atoms with van der Waals surface area (Å²) in [6.45, 7) is -1.26. The highest BCUT2D eigenvalue weighted by Gasteiger charge is 2.49. The van der Waals surface area contributed by atoms with Crippen LogP contribution < -0.4 is 5.73 Å². The first-order valence-electron chi connectivity index (χ1n) is 7.15. The standard InChI is InChI=1S/C12H23NO10/c13-5-7(17)10(4(2-15)21-11(5)20)23-12-9(19)8(18)6(16)3(1-14)22-12/h3-12,14-20H,1-2,13H2/t3?,4?,5-,6-,7-,8?,9-,10?,11-,12-/m0/s1. The van der Waals surface area contributed by atoms with Crippen molar-refractivity contribution in [1.82, 2.24) is 0 Å². The van der Waals surface area contributed by atoms with Crippen LogP contribution in [0.5, 0.6) is 0 Å². The number of ether oxygens (including phenoxy) is 3. The summed E-state index contributed by atoms with van der Waals surface area (Å²) >= 11 is 0. The van der Waals surface area contributed by atoms with Crippen LogP contribution in [0, 0.1) is 0 Å². The van der Waals surface area contributed by atoms with E-state index in [1.165, 1.54) is 0 Å². The van der Waals surface area contributed by atoms with Crippen LogP contribution >= 0.6 is 0 Å². The zero-order chi connectivity index (χ0) is 17.3. The molecule has 0 aromatic carbocycles. The predicted octanol–water partition coefficient (Wildman–Crippen LogP) is -5.43. The fraction of sp³-hybridized carbons (Fsp3) is 1.00. The average Bonchev–Trinajstić information content (AvgIpc) is 2.55. The summed E-state index contributed by atoms with van der Waals surface area (Å²) in [5.74, 6) is 0. The van der Waals surface area contributed by atoms with Gasteiger partial charge in [0.15, 0.2) is 12.6 Å². The van der Waals surface area contributed by atoms with Crippen LogP contribution in [0.15, 0.2) is 0 Å². The summed E-state index contributed by atoms with van der Waals surface area (Å²) in [6.07, 6.45) is -13.0. The zero-order valence-electron chi connectivity index (χ0n) is 12.1. The summed E-state index contributed by atoms with van der Waals surface area (Å²) in [5.41, 5.74) is 5.55. The van der Waals surface area contributed by atoms with E-state index >= 15 is 0 Å². The van der Waals surface area contributed by atoms with Gasteiger partial charge < -0.3 is 55.7 Å². The topological polar surface area (TPSA) is 195 Å². The molecule has 4 unspecified atom stereocenters. The lowest BCUT2D eigenvalue weighted by Gasteiger charge is -2.45. The number of aliphatic hydroxyl groups is 7. The highest BCUT2D eigenvalue weighted by molar-refractivity contribution is 4.94. The van der Waals surface area contributed by atoms with Gasteiger partial charge in [-0.3, -0.25) is 0 Å². The van der Waals surface area contributed by atoms with Crippen LogP contribution in [0.3, 0.4) is 0 Å². The fourth-order valence-electron chi connectivity index (χ4n) is 2.60. The van der Waals surface area contributed by atoms with E-state index in [1.807, 2.05) is 0 Å². The van der Waals surface area contributed by atoms with Gasteiger partial charge in [0.05, 0.1) is 19.3 Å². The molecule has 0 aromatic rings. The Labute approximate surface area is 131 Å². The van der Waals surface area contributed by atoms with Gasteiger partial charge in [0.25, 0.3) is 0 Å². The maximum atomic E-state index is 10.1. The first-order chi connectivity index (χ1) is 10.8. The second-order valence-electron chi connectivity index (χ2n) is 5.61. The van der Waals surface area contributed by atoms with Crippen LogP contribution in [0.1, 0.15) is 0 Å². The molecule has 0 aromatic heterocycles. The summed E-state index contributed by atoms with van der Waals surface area (Å²) in [6, 6.07) is -1.23. The first-order valence-corrected chi connectivity index (χ1v) is 7.15. The minimum atomic E-state index is -1.68. The van der Waals surface area contributed by atoms with Gasteiger partial charge in [0.2, 0.25) is 0 Å². The Morgan fingerprint density at radius 3 is 1.96 bits per heavy atom. The molecule has 0 spiro atoms. The molecule has 2 heterocycles. The van der Waals surface area contributed by atoms with Crippen LogP contribution in [0.4, 0.5) is 0 Å². The van der Waals surface area contributed by atoms with Crippen LogP contribution in [0.25, 0.3) is 0 Å². The lowest BCUT2D eigenvalue weighted by Crippen LogP contribution is -2.66. The van der Waals surface area contributed by atoms with Crippen molar-refractivity contribution in [2.75, 3.05) is 13.2 Å². The molecule has 10 atom stereocenters. The number of hydrogen-bond donors (Lipinski definition) is 8. The first kappa shape index (κ1) is 18.9. The van der Waals surface area contributed by atoms with Crippen LogP contribution in [-0.4, -0.2) is 110 Å². The third-order valence-corrected chi connectivity index (χ3v) is 4.06.